The molecule has 1 N–H and O–H groups in total. The van der Waals surface area contributed by atoms with Crippen LogP contribution in [0.2, 0.25) is 0 Å². The van der Waals surface area contributed by atoms with Crippen molar-refractivity contribution in [3.63, 3.8) is 0 Å². The van der Waals surface area contributed by atoms with Crippen LogP contribution in [0.25, 0.3) is 0 Å². The van der Waals surface area contributed by atoms with E-state index < -0.39 is 0 Å². The Morgan fingerprint density at radius 1 is 1.44 bits per heavy atom. The number of nitrogens with zero attached hydrogens (tertiary/aromatic N) is 1. The third-order valence-electron chi connectivity index (χ3n) is 2.22. The predicted octanol–water partition coefficient (Wildman–Crippen LogP) is 2.53. The molecular weight excluding hydrogens is 200 g/mol. The molecule has 0 unspecified atom stereocenters. The Kier molecular flexibility index (Phi) is 5.26. The molecule has 0 atom stereocenters. The first-order valence-corrected chi connectivity index (χ1v) is 5.92. The number of rotatable bonds is 6. The van der Waals surface area contributed by atoms with E-state index in [1.807, 2.05) is 19.2 Å². The van der Waals surface area contributed by atoms with Gasteiger partial charge in [-0.05, 0) is 19.4 Å². The van der Waals surface area contributed by atoms with Crippen molar-refractivity contribution in [3.05, 3.63) is 23.5 Å². The van der Waals surface area contributed by atoms with E-state index in [4.69, 9.17) is 4.74 Å². The minimum atomic E-state index is 0.542. The van der Waals surface area contributed by atoms with Gasteiger partial charge in [0, 0.05) is 30.1 Å². The molecule has 0 aliphatic heterocycles. The number of hydrogen-bond acceptors (Lipinski definition) is 3. The molecule has 0 saturated heterocycles. The predicted molar refractivity (Wildman–Crippen MR) is 66.7 cm³/mol. The SMILES string of the molecule is CCNCc1cnc(C)cc1OCC(C)C. The van der Waals surface area contributed by atoms with Crippen molar-refractivity contribution in [3.8, 4) is 5.75 Å². The lowest BCUT2D eigenvalue weighted by molar-refractivity contribution is 0.267. The Morgan fingerprint density at radius 2 is 2.19 bits per heavy atom. The van der Waals surface area contributed by atoms with Crippen LogP contribution in [0.5, 0.6) is 5.75 Å². The highest BCUT2D eigenvalue weighted by atomic mass is 16.5. The van der Waals surface area contributed by atoms with Crippen LogP contribution >= 0.6 is 0 Å². The molecule has 0 bridgehead atoms. The second-order valence-corrected chi connectivity index (χ2v) is 4.42. The van der Waals surface area contributed by atoms with Crippen LogP contribution in [-0.4, -0.2) is 18.1 Å². The van der Waals surface area contributed by atoms with Gasteiger partial charge in [-0.3, -0.25) is 4.98 Å². The number of pyridine rings is 1. The smallest absolute Gasteiger partial charge is 0.127 e. The molecule has 3 nitrogen and oxygen atoms in total. The van der Waals surface area contributed by atoms with Gasteiger partial charge in [0.25, 0.3) is 0 Å². The van der Waals surface area contributed by atoms with Gasteiger partial charge in [-0.15, -0.1) is 0 Å². The molecule has 3 heteroatoms. The zero-order valence-corrected chi connectivity index (χ0v) is 10.7. The van der Waals surface area contributed by atoms with Crippen LogP contribution in [-0.2, 0) is 6.54 Å². The zero-order chi connectivity index (χ0) is 12.0. The first kappa shape index (κ1) is 13.0. The second-order valence-electron chi connectivity index (χ2n) is 4.42. The van der Waals surface area contributed by atoms with Gasteiger partial charge in [-0.2, -0.15) is 0 Å². The molecule has 0 spiro atoms. The lowest BCUT2D eigenvalue weighted by Crippen LogP contribution is -2.14. The molecular formula is C13H22N2O. The monoisotopic (exact) mass is 222 g/mol. The normalized spacial score (nSPS) is 10.8. The van der Waals surface area contributed by atoms with Crippen molar-refractivity contribution in [1.82, 2.24) is 10.3 Å². The molecule has 0 radical (unpaired) electrons. The first-order valence-electron chi connectivity index (χ1n) is 5.92. The van der Waals surface area contributed by atoms with Gasteiger partial charge >= 0.3 is 0 Å². The molecule has 0 aliphatic carbocycles. The summed E-state index contributed by atoms with van der Waals surface area (Å²) in [7, 11) is 0. The van der Waals surface area contributed by atoms with Gasteiger partial charge in [0.05, 0.1) is 6.61 Å². The lowest BCUT2D eigenvalue weighted by Gasteiger charge is -2.13. The Bertz CT molecular complexity index is 324. The Balaban J connectivity index is 2.72. The molecule has 1 heterocycles. The van der Waals surface area contributed by atoms with Crippen molar-refractivity contribution in [2.75, 3.05) is 13.2 Å². The summed E-state index contributed by atoms with van der Waals surface area (Å²) in [6, 6.07) is 2.01. The largest absolute Gasteiger partial charge is 0.493 e. The maximum atomic E-state index is 5.80. The first-order chi connectivity index (χ1) is 7.63. The zero-order valence-electron chi connectivity index (χ0n) is 10.7. The summed E-state index contributed by atoms with van der Waals surface area (Å²) in [5.74, 6) is 1.50. The highest BCUT2D eigenvalue weighted by molar-refractivity contribution is 5.32. The summed E-state index contributed by atoms with van der Waals surface area (Å²) in [5, 5.41) is 3.29. The van der Waals surface area contributed by atoms with Gasteiger partial charge < -0.3 is 10.1 Å². The number of ether oxygens (including phenoxy) is 1. The Hall–Kier alpha value is -1.09. The quantitative estimate of drug-likeness (QED) is 0.803. The van der Waals surface area contributed by atoms with E-state index in [1.54, 1.807) is 0 Å². The van der Waals surface area contributed by atoms with Crippen LogP contribution in [0, 0.1) is 12.8 Å². The van der Waals surface area contributed by atoms with E-state index in [9.17, 15) is 0 Å². The molecule has 1 aromatic rings. The molecule has 1 aromatic heterocycles. The summed E-state index contributed by atoms with van der Waals surface area (Å²) in [4.78, 5) is 4.30. The molecule has 0 aromatic carbocycles. The van der Waals surface area contributed by atoms with E-state index in [0.717, 1.165) is 36.7 Å². The fourth-order valence-corrected chi connectivity index (χ4v) is 1.35. The summed E-state index contributed by atoms with van der Waals surface area (Å²) < 4.78 is 5.80. The van der Waals surface area contributed by atoms with Gasteiger partial charge in [0.2, 0.25) is 0 Å². The Labute approximate surface area is 98.2 Å². The van der Waals surface area contributed by atoms with Crippen molar-refractivity contribution >= 4 is 0 Å². The fourth-order valence-electron chi connectivity index (χ4n) is 1.35. The molecule has 0 fully saturated rings. The Morgan fingerprint density at radius 3 is 2.81 bits per heavy atom. The van der Waals surface area contributed by atoms with Gasteiger partial charge in [-0.25, -0.2) is 0 Å². The van der Waals surface area contributed by atoms with Gasteiger partial charge in [0.15, 0.2) is 0 Å². The molecule has 1 rings (SSSR count). The molecule has 0 saturated carbocycles. The van der Waals surface area contributed by atoms with Crippen molar-refractivity contribution in [2.24, 2.45) is 5.92 Å². The van der Waals surface area contributed by atoms with E-state index in [2.05, 4.69) is 31.1 Å². The number of hydrogen-bond donors (Lipinski definition) is 1. The lowest BCUT2D eigenvalue weighted by atomic mass is 10.2. The summed E-state index contributed by atoms with van der Waals surface area (Å²) in [5.41, 5.74) is 2.13. The topological polar surface area (TPSA) is 34.2 Å². The van der Waals surface area contributed by atoms with Crippen molar-refractivity contribution in [1.29, 1.82) is 0 Å². The van der Waals surface area contributed by atoms with Crippen LogP contribution in [0.1, 0.15) is 32.0 Å². The highest BCUT2D eigenvalue weighted by Crippen LogP contribution is 2.19. The van der Waals surface area contributed by atoms with Crippen LogP contribution in [0.4, 0.5) is 0 Å². The van der Waals surface area contributed by atoms with E-state index in [-0.39, 0.29) is 0 Å². The summed E-state index contributed by atoms with van der Waals surface area (Å²) in [6.45, 7) is 10.9. The van der Waals surface area contributed by atoms with Crippen molar-refractivity contribution in [2.45, 2.75) is 34.2 Å². The second kappa shape index (κ2) is 6.48. The molecule has 90 valence electrons. The van der Waals surface area contributed by atoms with Crippen LogP contribution in [0.3, 0.4) is 0 Å². The molecule has 16 heavy (non-hydrogen) atoms. The van der Waals surface area contributed by atoms with Gasteiger partial charge in [-0.1, -0.05) is 20.8 Å². The van der Waals surface area contributed by atoms with E-state index >= 15 is 0 Å². The average molecular weight is 222 g/mol. The summed E-state index contributed by atoms with van der Waals surface area (Å²) in [6.07, 6.45) is 1.90. The standard InChI is InChI=1S/C13H22N2O/c1-5-14-7-12-8-15-11(4)6-13(12)16-9-10(2)3/h6,8,10,14H,5,7,9H2,1-4H3. The fraction of sp³-hybridized carbons (Fsp3) is 0.615. The number of nitrogens with one attached hydrogen (secondary N) is 1. The van der Waals surface area contributed by atoms with Crippen LogP contribution in [0.15, 0.2) is 12.3 Å². The highest BCUT2D eigenvalue weighted by Gasteiger charge is 2.05. The number of aryl methyl sites for hydroxylation is 1. The number of aromatic nitrogens is 1. The maximum absolute atomic E-state index is 5.80. The third-order valence-corrected chi connectivity index (χ3v) is 2.22. The minimum absolute atomic E-state index is 0.542. The summed E-state index contributed by atoms with van der Waals surface area (Å²) >= 11 is 0. The molecule has 0 aliphatic rings. The minimum Gasteiger partial charge on any atom is -0.493 e. The molecule has 0 amide bonds. The van der Waals surface area contributed by atoms with E-state index in [1.165, 1.54) is 0 Å². The van der Waals surface area contributed by atoms with Gasteiger partial charge in [0.1, 0.15) is 5.75 Å². The third kappa shape index (κ3) is 4.19. The average Bonchev–Trinajstić information content (AvgIpc) is 2.25. The van der Waals surface area contributed by atoms with E-state index in [0.29, 0.717) is 5.92 Å². The maximum Gasteiger partial charge on any atom is 0.127 e. The van der Waals surface area contributed by atoms with Crippen molar-refractivity contribution < 1.29 is 4.74 Å². The van der Waals surface area contributed by atoms with Crippen LogP contribution < -0.4 is 10.1 Å².